The van der Waals surface area contributed by atoms with E-state index < -0.39 is 23.0 Å². The molecule has 1 aromatic rings. The van der Waals surface area contributed by atoms with E-state index in [9.17, 15) is 18.4 Å². The summed E-state index contributed by atoms with van der Waals surface area (Å²) < 4.78 is 30.4. The third kappa shape index (κ3) is 5.14. The molecule has 6 nitrogen and oxygen atoms in total. The number of hydrogen-bond donors (Lipinski definition) is 1. The molecule has 2 rings (SSSR count). The van der Waals surface area contributed by atoms with Gasteiger partial charge in [-0.05, 0) is 30.4 Å². The quantitative estimate of drug-likeness (QED) is 0.460. The van der Waals surface area contributed by atoms with E-state index in [0.717, 1.165) is 36.8 Å². The van der Waals surface area contributed by atoms with E-state index in [1.54, 1.807) is 18.2 Å². The van der Waals surface area contributed by atoms with Crippen molar-refractivity contribution < 1.29 is 27.8 Å². The zero-order valence-corrected chi connectivity index (χ0v) is 14.5. The number of benzene rings is 1. The summed E-state index contributed by atoms with van der Waals surface area (Å²) in [4.78, 5) is 23.1. The zero-order valence-electron chi connectivity index (χ0n) is 13.7. The normalized spacial score (nSPS) is 15.9. The highest BCUT2D eigenvalue weighted by Crippen LogP contribution is 2.41. The fourth-order valence-electron chi connectivity index (χ4n) is 3.10. The highest BCUT2D eigenvalue weighted by Gasteiger charge is 2.25. The van der Waals surface area contributed by atoms with E-state index in [1.165, 1.54) is 7.11 Å². The largest absolute Gasteiger partial charge is 0.469 e. The van der Waals surface area contributed by atoms with Gasteiger partial charge in [-0.2, -0.15) is 0 Å². The van der Waals surface area contributed by atoms with Crippen LogP contribution in [0.2, 0.25) is 0 Å². The second kappa shape index (κ2) is 8.94. The smallest absolute Gasteiger partial charge is 0.311 e. The molecule has 0 amide bonds. The second-order valence-electron chi connectivity index (χ2n) is 5.83. The standard InChI is InChI=1S/C17H22O6S/c1-22-15(18)9-10-16(19)23-14-8-4-7-13(11-24(20)21)17(14)12-5-2-3-6-12/h4,7-8,12H,2-3,5-6,9-11H2,1H3,(H,20,21). The Morgan fingerprint density at radius 3 is 2.50 bits per heavy atom. The van der Waals surface area contributed by atoms with Gasteiger partial charge in [0, 0.05) is 5.56 Å². The number of hydrogen-bond acceptors (Lipinski definition) is 5. The van der Waals surface area contributed by atoms with Gasteiger partial charge in [0.05, 0.1) is 25.7 Å². The molecule has 0 heterocycles. The lowest BCUT2D eigenvalue weighted by Gasteiger charge is -2.19. The van der Waals surface area contributed by atoms with Gasteiger partial charge in [-0.25, -0.2) is 4.21 Å². The van der Waals surface area contributed by atoms with Gasteiger partial charge in [0.2, 0.25) is 0 Å². The Hall–Kier alpha value is -1.73. The van der Waals surface area contributed by atoms with Gasteiger partial charge in [0.25, 0.3) is 0 Å². The predicted molar refractivity (Wildman–Crippen MR) is 89.0 cm³/mol. The van der Waals surface area contributed by atoms with Crippen LogP contribution in [0.5, 0.6) is 5.75 Å². The Balaban J connectivity index is 2.19. The Morgan fingerprint density at radius 2 is 1.88 bits per heavy atom. The van der Waals surface area contributed by atoms with Crippen LogP contribution < -0.4 is 4.74 Å². The first-order chi connectivity index (χ1) is 11.5. The summed E-state index contributed by atoms with van der Waals surface area (Å²) in [5, 5.41) is 0. The first kappa shape index (κ1) is 18.6. The number of methoxy groups -OCH3 is 1. The van der Waals surface area contributed by atoms with Crippen LogP contribution in [0.15, 0.2) is 18.2 Å². The summed E-state index contributed by atoms with van der Waals surface area (Å²) in [6.45, 7) is 0. The highest BCUT2D eigenvalue weighted by atomic mass is 32.2. The number of esters is 2. The lowest BCUT2D eigenvalue weighted by atomic mass is 9.92. The predicted octanol–water partition coefficient (Wildman–Crippen LogP) is 2.92. The van der Waals surface area contributed by atoms with Crippen molar-refractivity contribution in [2.45, 2.75) is 50.2 Å². The number of carbonyl (C=O) groups is 2. The van der Waals surface area contributed by atoms with Crippen molar-refractivity contribution in [3.63, 3.8) is 0 Å². The number of ether oxygens (including phenoxy) is 2. The van der Waals surface area contributed by atoms with Crippen LogP contribution in [0, 0.1) is 0 Å². The molecule has 0 bridgehead atoms. The molecule has 0 aliphatic heterocycles. The van der Waals surface area contributed by atoms with Crippen molar-refractivity contribution in [1.82, 2.24) is 0 Å². The minimum absolute atomic E-state index is 0.0133. The highest BCUT2D eigenvalue weighted by molar-refractivity contribution is 7.78. The molecule has 1 N–H and O–H groups in total. The Labute approximate surface area is 143 Å². The van der Waals surface area contributed by atoms with E-state index in [4.69, 9.17) is 4.74 Å². The summed E-state index contributed by atoms with van der Waals surface area (Å²) in [7, 11) is 1.27. The fourth-order valence-corrected chi connectivity index (χ4v) is 3.61. The van der Waals surface area contributed by atoms with Crippen LogP contribution >= 0.6 is 0 Å². The summed E-state index contributed by atoms with van der Waals surface area (Å²) in [6.07, 6.45) is 4.04. The molecule has 1 fully saturated rings. The Bertz CT molecular complexity index is 622. The van der Waals surface area contributed by atoms with Crippen molar-refractivity contribution in [2.75, 3.05) is 7.11 Å². The van der Waals surface area contributed by atoms with Gasteiger partial charge in [-0.3, -0.25) is 9.59 Å². The van der Waals surface area contributed by atoms with Crippen molar-refractivity contribution in [3.8, 4) is 5.75 Å². The van der Waals surface area contributed by atoms with E-state index in [-0.39, 0.29) is 24.5 Å². The molecule has 1 aromatic carbocycles. The van der Waals surface area contributed by atoms with Crippen molar-refractivity contribution in [2.24, 2.45) is 0 Å². The molecule has 1 aliphatic rings. The third-order valence-electron chi connectivity index (χ3n) is 4.18. The fraction of sp³-hybridized carbons (Fsp3) is 0.529. The van der Waals surface area contributed by atoms with Crippen LogP contribution in [0.4, 0.5) is 0 Å². The second-order valence-corrected chi connectivity index (χ2v) is 6.76. The average Bonchev–Trinajstić information content (AvgIpc) is 3.06. The number of carbonyl (C=O) groups excluding carboxylic acids is 2. The molecule has 0 aromatic heterocycles. The molecular weight excluding hydrogens is 332 g/mol. The van der Waals surface area contributed by atoms with Gasteiger partial charge in [-0.15, -0.1) is 0 Å². The lowest BCUT2D eigenvalue weighted by Crippen LogP contribution is -2.14. The molecule has 1 saturated carbocycles. The van der Waals surface area contributed by atoms with Gasteiger partial charge in [0.1, 0.15) is 5.75 Å². The molecule has 0 spiro atoms. The SMILES string of the molecule is COC(=O)CCC(=O)Oc1cccc(CS(=O)O)c1C1CCCC1. The van der Waals surface area contributed by atoms with Crippen molar-refractivity contribution in [3.05, 3.63) is 29.3 Å². The molecule has 24 heavy (non-hydrogen) atoms. The van der Waals surface area contributed by atoms with Gasteiger partial charge < -0.3 is 14.0 Å². The summed E-state index contributed by atoms with van der Waals surface area (Å²) >= 11 is -1.96. The van der Waals surface area contributed by atoms with Crippen LogP contribution in [-0.2, 0) is 31.2 Å². The maximum absolute atomic E-state index is 12.0. The molecule has 7 heteroatoms. The average molecular weight is 354 g/mol. The number of rotatable bonds is 7. The molecular formula is C17H22O6S. The minimum Gasteiger partial charge on any atom is -0.469 e. The Kier molecular flexibility index (Phi) is 6.93. The summed E-state index contributed by atoms with van der Waals surface area (Å²) in [5.41, 5.74) is 1.59. The maximum atomic E-state index is 12.0. The van der Waals surface area contributed by atoms with E-state index in [1.807, 2.05) is 0 Å². The summed E-state index contributed by atoms with van der Waals surface area (Å²) in [5.74, 6) is -0.304. The third-order valence-corrected chi connectivity index (χ3v) is 4.74. The van der Waals surface area contributed by atoms with Gasteiger partial charge in [0.15, 0.2) is 11.1 Å². The summed E-state index contributed by atoms with van der Waals surface area (Å²) in [6, 6.07) is 5.21. The van der Waals surface area contributed by atoms with Crippen LogP contribution in [0.25, 0.3) is 0 Å². The molecule has 1 aliphatic carbocycles. The first-order valence-electron chi connectivity index (χ1n) is 7.98. The van der Waals surface area contributed by atoms with Gasteiger partial charge in [-0.1, -0.05) is 25.0 Å². The zero-order chi connectivity index (χ0) is 17.5. The maximum Gasteiger partial charge on any atom is 0.311 e. The van der Waals surface area contributed by atoms with E-state index in [0.29, 0.717) is 5.75 Å². The Morgan fingerprint density at radius 1 is 1.21 bits per heavy atom. The minimum atomic E-state index is -1.96. The molecule has 0 saturated heterocycles. The molecule has 0 radical (unpaired) electrons. The van der Waals surface area contributed by atoms with Crippen LogP contribution in [-0.4, -0.2) is 27.8 Å². The van der Waals surface area contributed by atoms with Crippen LogP contribution in [0.3, 0.4) is 0 Å². The molecule has 1 unspecified atom stereocenters. The topological polar surface area (TPSA) is 89.9 Å². The first-order valence-corrected chi connectivity index (χ1v) is 9.25. The van der Waals surface area contributed by atoms with Crippen LogP contribution in [0.1, 0.15) is 55.6 Å². The van der Waals surface area contributed by atoms with Crippen molar-refractivity contribution >= 4 is 23.0 Å². The van der Waals surface area contributed by atoms with Crippen molar-refractivity contribution in [1.29, 1.82) is 0 Å². The monoisotopic (exact) mass is 354 g/mol. The van der Waals surface area contributed by atoms with Gasteiger partial charge >= 0.3 is 11.9 Å². The molecule has 1 atom stereocenters. The van der Waals surface area contributed by atoms with E-state index in [2.05, 4.69) is 4.74 Å². The molecule has 132 valence electrons. The van der Waals surface area contributed by atoms with E-state index >= 15 is 0 Å². The lowest BCUT2D eigenvalue weighted by molar-refractivity contribution is -0.144.